The van der Waals surface area contributed by atoms with Crippen molar-refractivity contribution < 1.29 is 32.8 Å². The van der Waals surface area contributed by atoms with E-state index in [4.69, 9.17) is 24.3 Å². The smallest absolute Gasteiger partial charge is 0.457 e. The number of unbranched alkanes of at least 4 members (excludes halogenated alkanes) is 22. The largest absolute Gasteiger partial charge is 0.472 e. The van der Waals surface area contributed by atoms with Crippen molar-refractivity contribution in [2.45, 2.75) is 225 Å². The van der Waals surface area contributed by atoms with Crippen LogP contribution in [0, 0.1) is 0 Å². The third-order valence-electron chi connectivity index (χ3n) is 10.8. The van der Waals surface area contributed by atoms with Crippen molar-refractivity contribution in [3.63, 3.8) is 0 Å². The highest BCUT2D eigenvalue weighted by atomic mass is 31.2. The molecule has 0 aromatic rings. The zero-order valence-electron chi connectivity index (χ0n) is 41.2. The maximum Gasteiger partial charge on any atom is 0.472 e. The fourth-order valence-corrected chi connectivity index (χ4v) is 7.76. The molecule has 0 fully saturated rings. The number of phosphoric acid groups is 1. The number of carbonyl (C=O) groups is 1. The third kappa shape index (κ3) is 50.7. The van der Waals surface area contributed by atoms with E-state index in [0.717, 1.165) is 77.0 Å². The fourth-order valence-electron chi connectivity index (χ4n) is 7.00. The molecule has 0 aromatic heterocycles. The van der Waals surface area contributed by atoms with Gasteiger partial charge in [-0.1, -0.05) is 208 Å². The Balaban J connectivity index is 3.99. The Labute approximate surface area is 394 Å². The topological polar surface area (TPSA) is 117 Å². The maximum absolute atomic E-state index is 12.7. The first-order chi connectivity index (χ1) is 31.4. The summed E-state index contributed by atoms with van der Waals surface area (Å²) in [6, 6.07) is 0. The van der Waals surface area contributed by atoms with Crippen LogP contribution in [0.15, 0.2) is 85.1 Å². The maximum atomic E-state index is 12.7. The Kier molecular flexibility index (Phi) is 49.8. The van der Waals surface area contributed by atoms with Gasteiger partial charge < -0.3 is 20.1 Å². The molecule has 0 aliphatic rings. The van der Waals surface area contributed by atoms with Crippen LogP contribution in [0.2, 0.25) is 0 Å². The predicted octanol–water partition coefficient (Wildman–Crippen LogP) is 16.4. The van der Waals surface area contributed by atoms with Crippen LogP contribution < -0.4 is 5.73 Å². The highest BCUT2D eigenvalue weighted by Crippen LogP contribution is 2.43. The van der Waals surface area contributed by atoms with Gasteiger partial charge in [0.2, 0.25) is 0 Å². The second-order valence-electron chi connectivity index (χ2n) is 17.0. The van der Waals surface area contributed by atoms with Crippen molar-refractivity contribution in [1.82, 2.24) is 0 Å². The Morgan fingerprint density at radius 3 is 1.31 bits per heavy atom. The molecule has 0 heterocycles. The summed E-state index contributed by atoms with van der Waals surface area (Å²) in [4.78, 5) is 22.6. The number of esters is 1. The van der Waals surface area contributed by atoms with Crippen LogP contribution >= 0.6 is 7.82 Å². The van der Waals surface area contributed by atoms with Gasteiger partial charge in [-0.2, -0.15) is 0 Å². The fraction of sp³-hybridized carbons (Fsp3) is 0.727. The van der Waals surface area contributed by atoms with Crippen LogP contribution in [-0.4, -0.2) is 49.9 Å². The van der Waals surface area contributed by atoms with Gasteiger partial charge in [0, 0.05) is 19.6 Å². The van der Waals surface area contributed by atoms with Gasteiger partial charge in [0.25, 0.3) is 0 Å². The highest BCUT2D eigenvalue weighted by Gasteiger charge is 2.25. The van der Waals surface area contributed by atoms with E-state index >= 15 is 0 Å². The van der Waals surface area contributed by atoms with Crippen molar-refractivity contribution in [3.8, 4) is 0 Å². The standard InChI is InChI=1S/C55H98NO7P/c1-3-5-7-9-11-13-15-17-19-21-23-25-27-28-30-32-34-36-38-40-42-44-46-48-55(57)63-54(53-62-64(58,59)61-51-49-56)52-60-50-47-45-43-41-39-37-35-33-31-29-26-24-22-20-18-16-14-12-10-8-6-4-2/h6,8,12,14-15,17-18,20-21,23-24,26-28,54H,3-5,7,9-11,13,16,19,22,25,29-53,56H2,1-2H3,(H,58,59)/b8-6-,14-12-,17-15-,20-18-,23-21-,26-24-,28-27-. The molecule has 0 radical (unpaired) electrons. The van der Waals surface area contributed by atoms with Crippen LogP contribution in [0.25, 0.3) is 0 Å². The Morgan fingerprint density at radius 2 is 0.875 bits per heavy atom. The van der Waals surface area contributed by atoms with Crippen LogP contribution in [0.5, 0.6) is 0 Å². The molecule has 0 saturated heterocycles. The minimum absolute atomic E-state index is 0.0938. The van der Waals surface area contributed by atoms with Crippen molar-refractivity contribution in [2.75, 3.05) is 33.0 Å². The summed E-state index contributed by atoms with van der Waals surface area (Å²) >= 11 is 0. The molecule has 64 heavy (non-hydrogen) atoms. The number of carbonyl (C=O) groups excluding carboxylic acids is 1. The quantitative estimate of drug-likeness (QED) is 0.0268. The van der Waals surface area contributed by atoms with Gasteiger partial charge in [0.15, 0.2) is 0 Å². The van der Waals surface area contributed by atoms with Gasteiger partial charge in [0.05, 0.1) is 19.8 Å². The lowest BCUT2D eigenvalue weighted by Gasteiger charge is -2.20. The van der Waals surface area contributed by atoms with Crippen molar-refractivity contribution in [1.29, 1.82) is 0 Å². The monoisotopic (exact) mass is 916 g/mol. The Morgan fingerprint density at radius 1 is 0.484 bits per heavy atom. The SMILES string of the molecule is CC/C=C\C/C=C\C/C=C\C/C=C\CCCCCCCCCCCOCC(COP(=O)(O)OCCN)OC(=O)CCCCCCCCCC/C=C\C/C=C\C/C=C\CCCCCCC. The van der Waals surface area contributed by atoms with Gasteiger partial charge in [0.1, 0.15) is 6.10 Å². The molecule has 0 aliphatic heterocycles. The average molecular weight is 916 g/mol. The summed E-state index contributed by atoms with van der Waals surface area (Å²) in [6.07, 6.45) is 67.5. The predicted molar refractivity (Wildman–Crippen MR) is 275 cm³/mol. The normalized spacial score (nSPS) is 14.0. The molecule has 9 heteroatoms. The van der Waals surface area contributed by atoms with E-state index in [1.54, 1.807) is 0 Å². The number of nitrogens with two attached hydrogens (primary N) is 1. The summed E-state index contributed by atoms with van der Waals surface area (Å²) in [7, 11) is -4.29. The summed E-state index contributed by atoms with van der Waals surface area (Å²) < 4.78 is 33.6. The number of hydrogen-bond acceptors (Lipinski definition) is 7. The molecular formula is C55H98NO7P. The van der Waals surface area contributed by atoms with E-state index in [-0.39, 0.29) is 32.3 Å². The molecule has 3 N–H and O–H groups in total. The molecule has 0 amide bonds. The molecule has 0 aliphatic carbocycles. The number of phosphoric ester groups is 1. The highest BCUT2D eigenvalue weighted by molar-refractivity contribution is 7.47. The first kappa shape index (κ1) is 61.7. The van der Waals surface area contributed by atoms with Crippen molar-refractivity contribution in [3.05, 3.63) is 85.1 Å². The van der Waals surface area contributed by atoms with Crippen molar-refractivity contribution in [2.24, 2.45) is 5.73 Å². The molecule has 0 spiro atoms. The minimum Gasteiger partial charge on any atom is -0.457 e. The molecule has 370 valence electrons. The second kappa shape index (κ2) is 51.7. The van der Waals surface area contributed by atoms with Crippen LogP contribution in [0.4, 0.5) is 0 Å². The average Bonchev–Trinajstić information content (AvgIpc) is 3.29. The number of allylic oxidation sites excluding steroid dienone is 14. The third-order valence-corrected chi connectivity index (χ3v) is 11.8. The van der Waals surface area contributed by atoms with Crippen LogP contribution in [0.1, 0.15) is 219 Å². The van der Waals surface area contributed by atoms with Gasteiger partial charge in [-0.25, -0.2) is 4.57 Å². The van der Waals surface area contributed by atoms with Crippen LogP contribution in [-0.2, 0) is 27.9 Å². The summed E-state index contributed by atoms with van der Waals surface area (Å²) in [6.45, 7) is 4.78. The lowest BCUT2D eigenvalue weighted by Crippen LogP contribution is -2.28. The van der Waals surface area contributed by atoms with Crippen LogP contribution in [0.3, 0.4) is 0 Å². The van der Waals surface area contributed by atoms with Gasteiger partial charge in [-0.05, 0) is 89.9 Å². The molecule has 8 nitrogen and oxygen atoms in total. The minimum atomic E-state index is -4.29. The first-order valence-corrected chi connectivity index (χ1v) is 27.6. The molecular weight excluding hydrogens is 818 g/mol. The van der Waals surface area contributed by atoms with E-state index in [2.05, 4.69) is 98.9 Å². The number of rotatable bonds is 49. The molecule has 0 aromatic carbocycles. The summed E-state index contributed by atoms with van der Waals surface area (Å²) in [5.74, 6) is -0.341. The van der Waals surface area contributed by atoms with E-state index in [9.17, 15) is 14.3 Å². The lowest BCUT2D eigenvalue weighted by molar-refractivity contribution is -0.154. The van der Waals surface area contributed by atoms with Gasteiger partial charge in [-0.3, -0.25) is 13.8 Å². The van der Waals surface area contributed by atoms with E-state index < -0.39 is 13.9 Å². The summed E-state index contributed by atoms with van der Waals surface area (Å²) in [5, 5.41) is 0. The molecule has 2 unspecified atom stereocenters. The zero-order valence-corrected chi connectivity index (χ0v) is 42.1. The number of ether oxygens (including phenoxy) is 2. The summed E-state index contributed by atoms with van der Waals surface area (Å²) in [5.41, 5.74) is 5.39. The zero-order chi connectivity index (χ0) is 46.5. The van der Waals surface area contributed by atoms with Crippen molar-refractivity contribution >= 4 is 13.8 Å². The molecule has 2 atom stereocenters. The van der Waals surface area contributed by atoms with Gasteiger partial charge in [-0.15, -0.1) is 0 Å². The van der Waals surface area contributed by atoms with E-state index in [0.29, 0.717) is 13.0 Å². The molecule has 0 rings (SSSR count). The molecule has 0 saturated carbocycles. The van der Waals surface area contributed by atoms with E-state index in [1.807, 2.05) is 0 Å². The first-order valence-electron chi connectivity index (χ1n) is 26.1. The lowest BCUT2D eigenvalue weighted by atomic mass is 10.1. The van der Waals surface area contributed by atoms with Gasteiger partial charge >= 0.3 is 13.8 Å². The Bertz CT molecular complexity index is 1260. The Hall–Kier alpha value is -2.32. The second-order valence-corrected chi connectivity index (χ2v) is 18.5. The molecule has 0 bridgehead atoms. The number of hydrogen-bond donors (Lipinski definition) is 2. The van der Waals surface area contributed by atoms with E-state index in [1.165, 1.54) is 122 Å².